The summed E-state index contributed by atoms with van der Waals surface area (Å²) < 4.78 is 4.75. The van der Waals surface area contributed by atoms with Gasteiger partial charge in [-0.2, -0.15) is 0 Å². The lowest BCUT2D eigenvalue weighted by atomic mass is 10.0. The van der Waals surface area contributed by atoms with E-state index in [2.05, 4.69) is 10.3 Å². The van der Waals surface area contributed by atoms with Gasteiger partial charge in [-0.15, -0.1) is 0 Å². The number of methoxy groups -OCH3 is 1. The van der Waals surface area contributed by atoms with Crippen LogP contribution in [0.1, 0.15) is 19.4 Å². The minimum absolute atomic E-state index is 0.156. The molecule has 0 spiro atoms. The van der Waals surface area contributed by atoms with E-state index in [4.69, 9.17) is 16.3 Å². The van der Waals surface area contributed by atoms with Crippen molar-refractivity contribution in [2.75, 3.05) is 7.11 Å². The van der Waals surface area contributed by atoms with Gasteiger partial charge in [0.05, 0.1) is 12.1 Å². The first kappa shape index (κ1) is 13.9. The molecule has 0 amide bonds. The average molecular weight is 257 g/mol. The minimum Gasteiger partial charge on any atom is -0.468 e. The first-order chi connectivity index (χ1) is 8.06. The Hall–Kier alpha value is -1.13. The van der Waals surface area contributed by atoms with Gasteiger partial charge >= 0.3 is 5.97 Å². The molecule has 0 aliphatic carbocycles. The van der Waals surface area contributed by atoms with E-state index in [0.29, 0.717) is 11.6 Å². The number of esters is 1. The molecule has 0 radical (unpaired) electrons. The van der Waals surface area contributed by atoms with E-state index in [1.807, 2.05) is 19.9 Å². The van der Waals surface area contributed by atoms with E-state index in [0.717, 1.165) is 5.56 Å². The lowest BCUT2D eigenvalue weighted by Gasteiger charge is -2.20. The maximum absolute atomic E-state index is 11.5. The van der Waals surface area contributed by atoms with Gasteiger partial charge in [-0.25, -0.2) is 0 Å². The Bertz CT molecular complexity index is 383. The molecule has 94 valence electrons. The summed E-state index contributed by atoms with van der Waals surface area (Å²) in [5, 5.41) is 3.73. The fourth-order valence-corrected chi connectivity index (χ4v) is 1.67. The highest BCUT2D eigenvalue weighted by molar-refractivity contribution is 6.31. The molecule has 1 unspecified atom stereocenters. The summed E-state index contributed by atoms with van der Waals surface area (Å²) in [6.07, 6.45) is 3.26. The van der Waals surface area contributed by atoms with Gasteiger partial charge in [-0.3, -0.25) is 9.78 Å². The Labute approximate surface area is 106 Å². The molecule has 1 aromatic rings. The molecule has 0 saturated carbocycles. The second-order valence-corrected chi connectivity index (χ2v) is 4.50. The summed E-state index contributed by atoms with van der Waals surface area (Å²) in [5.74, 6) is -0.103. The van der Waals surface area contributed by atoms with Crippen molar-refractivity contribution in [1.82, 2.24) is 10.3 Å². The fraction of sp³-hybridized carbons (Fsp3) is 0.500. The van der Waals surface area contributed by atoms with E-state index >= 15 is 0 Å². The van der Waals surface area contributed by atoms with Crippen molar-refractivity contribution in [2.24, 2.45) is 5.92 Å². The van der Waals surface area contributed by atoms with Crippen molar-refractivity contribution in [3.63, 3.8) is 0 Å². The van der Waals surface area contributed by atoms with E-state index in [9.17, 15) is 4.79 Å². The van der Waals surface area contributed by atoms with Crippen LogP contribution in [-0.2, 0) is 16.1 Å². The van der Waals surface area contributed by atoms with E-state index in [-0.39, 0.29) is 17.9 Å². The van der Waals surface area contributed by atoms with Crippen LogP contribution in [0.5, 0.6) is 0 Å². The van der Waals surface area contributed by atoms with Crippen LogP contribution in [0.15, 0.2) is 18.5 Å². The molecule has 1 rings (SSSR count). The predicted octanol–water partition coefficient (Wildman–Crippen LogP) is 2.02. The SMILES string of the molecule is COC(=O)C(NCc1ccncc1Cl)C(C)C. The first-order valence-electron chi connectivity index (χ1n) is 5.46. The Morgan fingerprint density at radius 3 is 2.82 bits per heavy atom. The van der Waals surface area contributed by atoms with Crippen LogP contribution < -0.4 is 5.32 Å². The Morgan fingerprint density at radius 2 is 2.29 bits per heavy atom. The van der Waals surface area contributed by atoms with Gasteiger partial charge in [0.1, 0.15) is 6.04 Å². The van der Waals surface area contributed by atoms with Crippen LogP contribution in [0.25, 0.3) is 0 Å². The number of carbonyl (C=O) groups is 1. The summed E-state index contributed by atoms with van der Waals surface area (Å²) in [6.45, 7) is 4.44. The van der Waals surface area contributed by atoms with Crippen LogP contribution in [0.4, 0.5) is 0 Å². The molecule has 4 nitrogen and oxygen atoms in total. The van der Waals surface area contributed by atoms with Crippen LogP contribution in [-0.4, -0.2) is 24.1 Å². The fourth-order valence-electron chi connectivity index (χ4n) is 1.49. The monoisotopic (exact) mass is 256 g/mol. The quantitative estimate of drug-likeness (QED) is 0.819. The predicted molar refractivity (Wildman–Crippen MR) is 66.7 cm³/mol. The maximum atomic E-state index is 11.5. The average Bonchev–Trinajstić information content (AvgIpc) is 2.30. The Kier molecular flexibility index (Phi) is 5.38. The summed E-state index contributed by atoms with van der Waals surface area (Å²) in [7, 11) is 1.39. The van der Waals surface area contributed by atoms with Crippen LogP contribution in [0.3, 0.4) is 0 Å². The highest BCUT2D eigenvalue weighted by Crippen LogP contribution is 2.14. The maximum Gasteiger partial charge on any atom is 0.323 e. The molecule has 17 heavy (non-hydrogen) atoms. The molecule has 1 aromatic heterocycles. The highest BCUT2D eigenvalue weighted by Gasteiger charge is 2.22. The topological polar surface area (TPSA) is 51.2 Å². The molecular weight excluding hydrogens is 240 g/mol. The van der Waals surface area contributed by atoms with Crippen LogP contribution in [0.2, 0.25) is 5.02 Å². The zero-order valence-electron chi connectivity index (χ0n) is 10.2. The van der Waals surface area contributed by atoms with Crippen molar-refractivity contribution in [1.29, 1.82) is 0 Å². The molecule has 0 aromatic carbocycles. The second kappa shape index (κ2) is 6.57. The van der Waals surface area contributed by atoms with Gasteiger partial charge in [0.15, 0.2) is 0 Å². The number of rotatable bonds is 5. The third kappa shape index (κ3) is 3.98. The number of hydrogen-bond donors (Lipinski definition) is 1. The summed E-state index contributed by atoms with van der Waals surface area (Å²) >= 11 is 5.98. The van der Waals surface area contributed by atoms with Gasteiger partial charge in [0.25, 0.3) is 0 Å². The zero-order valence-corrected chi connectivity index (χ0v) is 11.0. The number of nitrogens with zero attached hydrogens (tertiary/aromatic N) is 1. The van der Waals surface area contributed by atoms with E-state index in [1.165, 1.54) is 7.11 Å². The van der Waals surface area contributed by atoms with E-state index in [1.54, 1.807) is 12.4 Å². The summed E-state index contributed by atoms with van der Waals surface area (Å²) in [5.41, 5.74) is 0.913. The normalized spacial score (nSPS) is 12.5. The van der Waals surface area contributed by atoms with Gasteiger partial charge in [0, 0.05) is 18.9 Å². The van der Waals surface area contributed by atoms with Gasteiger partial charge < -0.3 is 10.1 Å². The second-order valence-electron chi connectivity index (χ2n) is 4.09. The standard InChI is InChI=1S/C12H17ClN2O2/c1-8(2)11(12(16)17-3)15-6-9-4-5-14-7-10(9)13/h4-5,7-8,11,15H,6H2,1-3H3. The number of carbonyl (C=O) groups excluding carboxylic acids is 1. The number of ether oxygens (including phenoxy) is 1. The molecule has 0 saturated heterocycles. The highest BCUT2D eigenvalue weighted by atomic mass is 35.5. The molecule has 5 heteroatoms. The molecule has 1 heterocycles. The number of halogens is 1. The summed E-state index contributed by atoms with van der Waals surface area (Å²) in [4.78, 5) is 15.4. The van der Waals surface area contributed by atoms with Gasteiger partial charge in [-0.1, -0.05) is 25.4 Å². The zero-order chi connectivity index (χ0) is 12.8. The molecule has 0 bridgehead atoms. The van der Waals surface area contributed by atoms with E-state index < -0.39 is 0 Å². The van der Waals surface area contributed by atoms with Crippen molar-refractivity contribution in [3.8, 4) is 0 Å². The lowest BCUT2D eigenvalue weighted by Crippen LogP contribution is -2.41. The Morgan fingerprint density at radius 1 is 1.59 bits per heavy atom. The molecule has 0 aliphatic rings. The molecule has 0 fully saturated rings. The van der Waals surface area contributed by atoms with Crippen LogP contribution >= 0.6 is 11.6 Å². The molecule has 1 N–H and O–H groups in total. The van der Waals surface area contributed by atoms with Gasteiger partial charge in [-0.05, 0) is 17.5 Å². The van der Waals surface area contributed by atoms with Crippen molar-refractivity contribution >= 4 is 17.6 Å². The lowest BCUT2D eigenvalue weighted by molar-refractivity contribution is -0.144. The third-order valence-electron chi connectivity index (χ3n) is 2.49. The first-order valence-corrected chi connectivity index (χ1v) is 5.83. The van der Waals surface area contributed by atoms with Crippen molar-refractivity contribution in [3.05, 3.63) is 29.0 Å². The van der Waals surface area contributed by atoms with Crippen LogP contribution in [0, 0.1) is 5.92 Å². The third-order valence-corrected chi connectivity index (χ3v) is 2.83. The number of hydrogen-bond acceptors (Lipinski definition) is 4. The molecule has 1 atom stereocenters. The van der Waals surface area contributed by atoms with Crippen molar-refractivity contribution in [2.45, 2.75) is 26.4 Å². The largest absolute Gasteiger partial charge is 0.468 e. The number of nitrogens with one attached hydrogen (secondary N) is 1. The number of pyridine rings is 1. The van der Waals surface area contributed by atoms with Gasteiger partial charge in [0.2, 0.25) is 0 Å². The molecule has 0 aliphatic heterocycles. The minimum atomic E-state index is -0.329. The Balaban J connectivity index is 2.64. The molecular formula is C12H17ClN2O2. The summed E-state index contributed by atoms with van der Waals surface area (Å²) in [6, 6.07) is 1.49. The van der Waals surface area contributed by atoms with Crippen molar-refractivity contribution < 1.29 is 9.53 Å². The smallest absolute Gasteiger partial charge is 0.323 e. The number of aromatic nitrogens is 1.